The second-order valence-corrected chi connectivity index (χ2v) is 10.3. The first kappa shape index (κ1) is 19.3. The second kappa shape index (κ2) is 6.88. The number of hydrogen-bond donors (Lipinski definition) is 1. The molecular weight excluding hydrogens is 432 g/mol. The Kier molecular flexibility index (Phi) is 4.02. The quantitative estimate of drug-likeness (QED) is 0.254. The highest BCUT2D eigenvalue weighted by Gasteiger charge is 2.54. The average Bonchev–Trinajstić information content (AvgIpc) is 3.17. The third-order valence-electron chi connectivity index (χ3n) is 7.31. The van der Waals surface area contributed by atoms with Crippen LogP contribution < -0.4 is 15.4 Å². The van der Waals surface area contributed by atoms with Crippen LogP contribution in [-0.2, 0) is 6.42 Å². The standard InChI is InChI=1S/C25H22N6OS/c1-13-4-2-5-15-16(13)9-20-22(15)24(30-11-17-18(12-30)23(17)26)29-25(28-20)33-14-8-19-21(31(32)10-14)6-3-7-27-19/h2-8,10,17-18,23H,9,11-12,26H2,1H3/t17-,18+,23?. The van der Waals surface area contributed by atoms with Crippen molar-refractivity contribution in [3.05, 3.63) is 70.8 Å². The molecule has 33 heavy (non-hydrogen) atoms. The van der Waals surface area contributed by atoms with E-state index in [4.69, 9.17) is 15.7 Å². The number of benzene rings is 1. The van der Waals surface area contributed by atoms with Crippen LogP contribution in [0, 0.1) is 24.0 Å². The van der Waals surface area contributed by atoms with Crippen LogP contribution in [0.4, 0.5) is 5.82 Å². The summed E-state index contributed by atoms with van der Waals surface area (Å²) < 4.78 is 0.869. The summed E-state index contributed by atoms with van der Waals surface area (Å²) in [5, 5.41) is 13.2. The molecule has 0 bridgehead atoms. The van der Waals surface area contributed by atoms with Crippen LogP contribution >= 0.6 is 11.8 Å². The van der Waals surface area contributed by atoms with Gasteiger partial charge in [-0.3, -0.25) is 0 Å². The van der Waals surface area contributed by atoms with E-state index in [-0.39, 0.29) is 0 Å². The third-order valence-corrected chi connectivity index (χ3v) is 8.14. The zero-order valence-electron chi connectivity index (χ0n) is 18.1. The lowest BCUT2D eigenvalue weighted by atomic mass is 10.0. The molecule has 2 N–H and O–H groups in total. The van der Waals surface area contributed by atoms with Crippen molar-refractivity contribution in [3.63, 3.8) is 0 Å². The van der Waals surface area contributed by atoms with Crippen molar-refractivity contribution in [1.82, 2.24) is 15.0 Å². The van der Waals surface area contributed by atoms with Crippen LogP contribution in [0.5, 0.6) is 0 Å². The lowest BCUT2D eigenvalue weighted by Gasteiger charge is -2.23. The van der Waals surface area contributed by atoms with Crippen LogP contribution in [0.15, 0.2) is 58.8 Å². The summed E-state index contributed by atoms with van der Waals surface area (Å²) in [4.78, 5) is 17.5. The van der Waals surface area contributed by atoms with Gasteiger partial charge in [-0.1, -0.05) is 18.2 Å². The van der Waals surface area contributed by atoms with E-state index in [9.17, 15) is 5.21 Å². The molecule has 1 aromatic carbocycles. The molecule has 7 rings (SSSR count). The fourth-order valence-corrected chi connectivity index (χ4v) is 6.28. The molecule has 1 unspecified atom stereocenters. The van der Waals surface area contributed by atoms with Gasteiger partial charge in [-0.05, 0) is 59.3 Å². The number of hydrogen-bond acceptors (Lipinski definition) is 7. The SMILES string of the molecule is Cc1cccc2c1Cc1nc(Sc3cc4ncccc4[n+]([O-])c3)nc(N3C[C@@H]4C(N)[C@@H]4C3)c1-2. The van der Waals surface area contributed by atoms with Crippen molar-refractivity contribution in [1.29, 1.82) is 0 Å². The Morgan fingerprint density at radius 2 is 2.00 bits per heavy atom. The number of aromatic nitrogens is 4. The van der Waals surface area contributed by atoms with E-state index in [0.29, 0.717) is 34.1 Å². The summed E-state index contributed by atoms with van der Waals surface area (Å²) in [5.74, 6) is 2.13. The van der Waals surface area contributed by atoms with Gasteiger partial charge in [-0.25, -0.2) is 15.0 Å². The summed E-state index contributed by atoms with van der Waals surface area (Å²) in [6.07, 6.45) is 4.08. The molecule has 1 saturated carbocycles. The van der Waals surface area contributed by atoms with E-state index in [1.807, 2.05) is 6.07 Å². The minimum atomic E-state index is 0.331. The van der Waals surface area contributed by atoms with Gasteiger partial charge in [0.25, 0.3) is 0 Å². The monoisotopic (exact) mass is 454 g/mol. The smallest absolute Gasteiger partial charge is 0.242 e. The highest BCUT2D eigenvalue weighted by atomic mass is 32.2. The highest BCUT2D eigenvalue weighted by molar-refractivity contribution is 7.99. The number of aryl methyl sites for hydroxylation is 1. The first-order valence-corrected chi connectivity index (χ1v) is 12.0. The van der Waals surface area contributed by atoms with Gasteiger partial charge in [-0.2, -0.15) is 4.73 Å². The molecular formula is C25H22N6OS. The zero-order chi connectivity index (χ0) is 22.3. The van der Waals surface area contributed by atoms with Crippen LogP contribution in [0.1, 0.15) is 16.8 Å². The van der Waals surface area contributed by atoms with Crippen molar-refractivity contribution >= 4 is 28.6 Å². The maximum Gasteiger partial charge on any atom is 0.242 e. The van der Waals surface area contributed by atoms with Crippen molar-refractivity contribution in [2.24, 2.45) is 17.6 Å². The second-order valence-electron chi connectivity index (χ2n) is 9.25. The van der Waals surface area contributed by atoms with Crippen molar-refractivity contribution < 1.29 is 4.73 Å². The summed E-state index contributed by atoms with van der Waals surface area (Å²) in [6.45, 7) is 4.05. The number of anilines is 1. The fourth-order valence-electron chi connectivity index (χ4n) is 5.46. The Balaban J connectivity index is 1.33. The lowest BCUT2D eigenvalue weighted by molar-refractivity contribution is -0.579. The predicted molar refractivity (Wildman–Crippen MR) is 127 cm³/mol. The first-order chi connectivity index (χ1) is 16.1. The largest absolute Gasteiger partial charge is 0.618 e. The zero-order valence-corrected chi connectivity index (χ0v) is 18.9. The number of nitrogens with zero attached hydrogens (tertiary/aromatic N) is 5. The van der Waals surface area contributed by atoms with Gasteiger partial charge < -0.3 is 15.8 Å². The molecule has 1 aliphatic heterocycles. The molecule has 8 heteroatoms. The molecule has 0 spiro atoms. The van der Waals surface area contributed by atoms with Crippen LogP contribution in [0.2, 0.25) is 0 Å². The van der Waals surface area contributed by atoms with Crippen molar-refractivity contribution in [3.8, 4) is 11.1 Å². The number of fused-ring (bicyclic) bond motifs is 5. The normalized spacial score (nSPS) is 22.4. The lowest BCUT2D eigenvalue weighted by Crippen LogP contribution is -2.29. The molecule has 0 radical (unpaired) electrons. The maximum atomic E-state index is 12.5. The number of pyridine rings is 2. The van der Waals surface area contributed by atoms with Gasteiger partial charge in [0, 0.05) is 43.4 Å². The number of piperidine rings is 1. The summed E-state index contributed by atoms with van der Waals surface area (Å²) in [6, 6.07) is 12.3. The predicted octanol–water partition coefficient (Wildman–Crippen LogP) is 3.08. The van der Waals surface area contributed by atoms with E-state index in [2.05, 4.69) is 35.0 Å². The van der Waals surface area contributed by atoms with E-state index >= 15 is 0 Å². The van der Waals surface area contributed by atoms with Crippen molar-refractivity contribution in [2.45, 2.75) is 29.4 Å². The van der Waals surface area contributed by atoms with Gasteiger partial charge >= 0.3 is 0 Å². The molecule has 3 aliphatic rings. The van der Waals surface area contributed by atoms with Crippen LogP contribution in [0.25, 0.3) is 22.2 Å². The molecule has 3 atom stereocenters. The molecule has 1 saturated heterocycles. The Morgan fingerprint density at radius 3 is 2.85 bits per heavy atom. The molecule has 164 valence electrons. The minimum Gasteiger partial charge on any atom is -0.618 e. The van der Waals surface area contributed by atoms with Crippen molar-refractivity contribution in [2.75, 3.05) is 18.0 Å². The van der Waals surface area contributed by atoms with Gasteiger partial charge in [0.15, 0.2) is 11.4 Å². The van der Waals surface area contributed by atoms with Crippen LogP contribution in [-0.4, -0.2) is 34.1 Å². The van der Waals surface area contributed by atoms with E-state index in [1.54, 1.807) is 24.5 Å². The van der Waals surface area contributed by atoms with E-state index < -0.39 is 0 Å². The average molecular weight is 455 g/mol. The van der Waals surface area contributed by atoms with Crippen LogP contribution in [0.3, 0.4) is 0 Å². The summed E-state index contributed by atoms with van der Waals surface area (Å²) in [5.41, 5.74) is 13.5. The first-order valence-electron chi connectivity index (χ1n) is 11.2. The number of rotatable bonds is 3. The molecule has 4 aromatic rings. The Hall–Kier alpha value is -3.23. The molecule has 7 nitrogen and oxygen atoms in total. The van der Waals surface area contributed by atoms with Gasteiger partial charge in [-0.15, -0.1) is 0 Å². The summed E-state index contributed by atoms with van der Waals surface area (Å²) >= 11 is 1.42. The van der Waals surface area contributed by atoms with Gasteiger partial charge in [0.1, 0.15) is 11.3 Å². The topological polar surface area (TPSA) is 94.9 Å². The minimum absolute atomic E-state index is 0.331. The fraction of sp³-hybridized carbons (Fsp3) is 0.280. The Labute approximate surface area is 195 Å². The molecule has 0 amide bonds. The van der Waals surface area contributed by atoms with Gasteiger partial charge in [0.05, 0.1) is 10.6 Å². The Morgan fingerprint density at radius 1 is 1.15 bits per heavy atom. The van der Waals surface area contributed by atoms with E-state index in [1.165, 1.54) is 28.5 Å². The molecule has 2 aliphatic carbocycles. The molecule has 4 heterocycles. The molecule has 3 aromatic heterocycles. The third kappa shape index (κ3) is 2.94. The van der Waals surface area contributed by atoms with Gasteiger partial charge in [0.2, 0.25) is 5.52 Å². The maximum absolute atomic E-state index is 12.5. The summed E-state index contributed by atoms with van der Waals surface area (Å²) in [7, 11) is 0. The Bertz CT molecular complexity index is 1440. The van der Waals surface area contributed by atoms with E-state index in [0.717, 1.165) is 46.2 Å². The number of nitrogens with two attached hydrogens (primary N) is 1. The highest BCUT2D eigenvalue weighted by Crippen LogP contribution is 2.49. The molecule has 2 fully saturated rings.